The van der Waals surface area contributed by atoms with Gasteiger partial charge in [-0.05, 0) is 66.0 Å². The summed E-state index contributed by atoms with van der Waals surface area (Å²) in [6, 6.07) is 0. The van der Waals surface area contributed by atoms with Crippen LogP contribution in [0.5, 0.6) is 0 Å². The maximum atomic E-state index is 5.17. The molecular weight excluding hydrogens is 264 g/mol. The average molecular weight is 291 g/mol. The van der Waals surface area contributed by atoms with Crippen molar-refractivity contribution in [1.82, 2.24) is 21.3 Å². The lowest BCUT2D eigenvalue weighted by Gasteiger charge is -2.24. The summed E-state index contributed by atoms with van der Waals surface area (Å²) in [5.41, 5.74) is -0.0266. The Morgan fingerprint density at radius 2 is 1.00 bits per heavy atom. The van der Waals surface area contributed by atoms with Crippen molar-refractivity contribution in [3.63, 3.8) is 0 Å². The number of hydrogen-bond donors (Lipinski definition) is 4. The quantitative estimate of drug-likeness (QED) is 0.467. The maximum absolute atomic E-state index is 5.17. The van der Waals surface area contributed by atoms with Crippen LogP contribution in [-0.4, -0.2) is 34.4 Å². The van der Waals surface area contributed by atoms with Crippen LogP contribution in [0.4, 0.5) is 0 Å². The molecule has 106 valence electrons. The van der Waals surface area contributed by atoms with Crippen LogP contribution in [0.15, 0.2) is 0 Å². The smallest absolute Gasteiger partial charge is 0.166 e. The molecule has 0 aromatic heterocycles. The van der Waals surface area contributed by atoms with Gasteiger partial charge in [-0.3, -0.25) is 0 Å². The lowest BCUT2D eigenvalue weighted by molar-refractivity contribution is 0.502. The third-order valence-corrected chi connectivity index (χ3v) is 2.17. The van der Waals surface area contributed by atoms with Crippen molar-refractivity contribution in [2.75, 3.05) is 13.1 Å². The van der Waals surface area contributed by atoms with Gasteiger partial charge in [-0.2, -0.15) is 0 Å². The Bertz CT molecular complexity index is 259. The Morgan fingerprint density at radius 3 is 1.22 bits per heavy atom. The summed E-state index contributed by atoms with van der Waals surface area (Å²) in [6.07, 6.45) is 0. The summed E-state index contributed by atoms with van der Waals surface area (Å²) in [5, 5.41) is 14.0. The first kappa shape index (κ1) is 17.4. The number of hydrogen-bond acceptors (Lipinski definition) is 2. The number of nitrogens with one attached hydrogen (secondary N) is 4. The first-order valence-electron chi connectivity index (χ1n) is 6.12. The summed E-state index contributed by atoms with van der Waals surface area (Å²) in [4.78, 5) is 0. The lowest BCUT2D eigenvalue weighted by Crippen LogP contribution is -2.50. The molecule has 0 amide bonds. The Kier molecular flexibility index (Phi) is 6.84. The molecule has 0 aromatic rings. The molecule has 0 fully saturated rings. The average Bonchev–Trinajstić information content (AvgIpc) is 2.06. The van der Waals surface area contributed by atoms with E-state index in [0.717, 1.165) is 13.1 Å². The van der Waals surface area contributed by atoms with E-state index in [1.807, 2.05) is 0 Å². The second-order valence-corrected chi connectivity index (χ2v) is 7.08. The zero-order chi connectivity index (χ0) is 14.4. The fraction of sp³-hybridized carbons (Fsp3) is 0.833. The lowest BCUT2D eigenvalue weighted by atomic mass is 10.1. The molecule has 0 unspecified atom stereocenters. The monoisotopic (exact) mass is 290 g/mol. The van der Waals surface area contributed by atoms with Gasteiger partial charge < -0.3 is 21.3 Å². The van der Waals surface area contributed by atoms with E-state index in [0.29, 0.717) is 10.2 Å². The molecule has 0 saturated carbocycles. The minimum atomic E-state index is -0.0133. The summed E-state index contributed by atoms with van der Waals surface area (Å²) in [5.74, 6) is 0. The van der Waals surface area contributed by atoms with E-state index in [1.165, 1.54) is 0 Å². The molecule has 0 aliphatic rings. The maximum Gasteiger partial charge on any atom is 0.166 e. The van der Waals surface area contributed by atoms with Crippen molar-refractivity contribution in [2.24, 2.45) is 0 Å². The zero-order valence-electron chi connectivity index (χ0n) is 12.2. The highest BCUT2D eigenvalue weighted by Gasteiger charge is 2.11. The van der Waals surface area contributed by atoms with Crippen LogP contribution in [0, 0.1) is 0 Å². The highest BCUT2D eigenvalue weighted by atomic mass is 32.1. The molecule has 0 aliphatic carbocycles. The predicted molar refractivity (Wildman–Crippen MR) is 87.0 cm³/mol. The van der Waals surface area contributed by atoms with Gasteiger partial charge in [0.1, 0.15) is 0 Å². The molecule has 0 rings (SSSR count). The van der Waals surface area contributed by atoms with Gasteiger partial charge in [-0.15, -0.1) is 0 Å². The first-order chi connectivity index (χ1) is 7.99. The molecule has 18 heavy (non-hydrogen) atoms. The molecule has 0 spiro atoms. The van der Waals surface area contributed by atoms with E-state index >= 15 is 0 Å². The van der Waals surface area contributed by atoms with E-state index in [9.17, 15) is 0 Å². The first-order valence-corrected chi connectivity index (χ1v) is 6.93. The van der Waals surface area contributed by atoms with Crippen LogP contribution in [-0.2, 0) is 0 Å². The van der Waals surface area contributed by atoms with Gasteiger partial charge in [0.25, 0.3) is 0 Å². The predicted octanol–water partition coefficient (Wildman–Crippen LogP) is 1.51. The molecule has 0 radical (unpaired) electrons. The molecule has 0 aliphatic heterocycles. The standard InChI is InChI=1S/C12H26N4S2/c1-11(2,3)15-9(17)13-7-8-14-10(18)16-12(4,5)6/h7-8H2,1-6H3,(H2,13,15,17)(H2,14,16,18). The Balaban J connectivity index is 3.69. The number of thiocarbonyl (C=S) groups is 2. The molecule has 0 heterocycles. The summed E-state index contributed by atoms with van der Waals surface area (Å²) >= 11 is 10.3. The van der Waals surface area contributed by atoms with E-state index in [4.69, 9.17) is 24.4 Å². The van der Waals surface area contributed by atoms with Crippen LogP contribution < -0.4 is 21.3 Å². The fourth-order valence-electron chi connectivity index (χ4n) is 1.12. The van der Waals surface area contributed by atoms with E-state index < -0.39 is 0 Å². The summed E-state index contributed by atoms with van der Waals surface area (Å²) in [7, 11) is 0. The molecule has 4 N–H and O–H groups in total. The molecule has 0 saturated heterocycles. The minimum absolute atomic E-state index is 0.0133. The fourth-order valence-corrected chi connectivity index (χ4v) is 1.94. The molecule has 4 nitrogen and oxygen atoms in total. The van der Waals surface area contributed by atoms with Gasteiger partial charge in [-0.25, -0.2) is 0 Å². The van der Waals surface area contributed by atoms with Crippen molar-refractivity contribution < 1.29 is 0 Å². The topological polar surface area (TPSA) is 48.1 Å². The zero-order valence-corrected chi connectivity index (χ0v) is 13.9. The van der Waals surface area contributed by atoms with E-state index in [-0.39, 0.29) is 11.1 Å². The van der Waals surface area contributed by atoms with Gasteiger partial charge in [-0.1, -0.05) is 0 Å². The second-order valence-electron chi connectivity index (χ2n) is 6.26. The van der Waals surface area contributed by atoms with Crippen molar-refractivity contribution in [1.29, 1.82) is 0 Å². The van der Waals surface area contributed by atoms with Crippen LogP contribution in [0.25, 0.3) is 0 Å². The SMILES string of the molecule is CC(C)(C)NC(=S)NCCNC(=S)NC(C)(C)C. The van der Waals surface area contributed by atoms with Crippen molar-refractivity contribution in [3.8, 4) is 0 Å². The molecular formula is C12H26N4S2. The summed E-state index contributed by atoms with van der Waals surface area (Å²) in [6.45, 7) is 13.9. The largest absolute Gasteiger partial charge is 0.361 e. The van der Waals surface area contributed by atoms with Crippen LogP contribution in [0.1, 0.15) is 41.5 Å². The molecule has 0 aromatic carbocycles. The van der Waals surface area contributed by atoms with Crippen LogP contribution >= 0.6 is 24.4 Å². The van der Waals surface area contributed by atoms with Gasteiger partial charge >= 0.3 is 0 Å². The van der Waals surface area contributed by atoms with Gasteiger partial charge in [0.15, 0.2) is 10.2 Å². The number of rotatable bonds is 3. The van der Waals surface area contributed by atoms with Crippen LogP contribution in [0.3, 0.4) is 0 Å². The van der Waals surface area contributed by atoms with Gasteiger partial charge in [0.05, 0.1) is 0 Å². The van der Waals surface area contributed by atoms with Gasteiger partial charge in [0.2, 0.25) is 0 Å². The molecule has 0 bridgehead atoms. The third-order valence-electron chi connectivity index (χ3n) is 1.67. The van der Waals surface area contributed by atoms with Gasteiger partial charge in [0, 0.05) is 24.2 Å². The normalized spacial score (nSPS) is 11.7. The second kappa shape index (κ2) is 7.09. The highest BCUT2D eigenvalue weighted by Crippen LogP contribution is 1.98. The Morgan fingerprint density at radius 1 is 0.722 bits per heavy atom. The third kappa shape index (κ3) is 11.9. The Labute approximate surface area is 122 Å². The molecule has 0 atom stereocenters. The van der Waals surface area contributed by atoms with Crippen molar-refractivity contribution in [2.45, 2.75) is 52.6 Å². The Hall–Kier alpha value is -0.620. The highest BCUT2D eigenvalue weighted by molar-refractivity contribution is 7.80. The molecule has 6 heteroatoms. The van der Waals surface area contributed by atoms with Crippen molar-refractivity contribution in [3.05, 3.63) is 0 Å². The van der Waals surface area contributed by atoms with Crippen molar-refractivity contribution >= 4 is 34.7 Å². The van der Waals surface area contributed by atoms with E-state index in [2.05, 4.69) is 62.8 Å². The van der Waals surface area contributed by atoms with Crippen LogP contribution in [0.2, 0.25) is 0 Å². The summed E-state index contributed by atoms with van der Waals surface area (Å²) < 4.78 is 0. The minimum Gasteiger partial charge on any atom is -0.361 e. The van der Waals surface area contributed by atoms with E-state index in [1.54, 1.807) is 0 Å².